The smallest absolute Gasteiger partial charge is 0.146 e. The summed E-state index contributed by atoms with van der Waals surface area (Å²) in [5, 5.41) is 8.50. The van der Waals surface area contributed by atoms with E-state index in [1.54, 1.807) is 0 Å². The molecule has 4 heteroatoms. The quantitative estimate of drug-likeness (QED) is 0.210. The van der Waals surface area contributed by atoms with E-state index in [0.29, 0.717) is 0 Å². The first-order chi connectivity index (χ1) is 17.3. The number of thiophene rings is 1. The van der Waals surface area contributed by atoms with Gasteiger partial charge in [-0.3, -0.25) is 4.40 Å². The van der Waals surface area contributed by atoms with Crippen LogP contribution in [0.1, 0.15) is 0 Å². The molecular formula is C31H16N2OS. The predicted molar refractivity (Wildman–Crippen MR) is 148 cm³/mol. The Balaban J connectivity index is 1.65. The lowest BCUT2D eigenvalue weighted by Gasteiger charge is -2.11. The summed E-state index contributed by atoms with van der Waals surface area (Å²) in [6.07, 6.45) is 0. The second kappa shape index (κ2) is 6.17. The third-order valence-electron chi connectivity index (χ3n) is 7.35. The highest BCUT2D eigenvalue weighted by molar-refractivity contribution is 7.25. The Kier molecular flexibility index (Phi) is 3.17. The molecule has 0 bridgehead atoms. The van der Waals surface area contributed by atoms with Crippen LogP contribution < -0.4 is 0 Å². The molecule has 0 amide bonds. The Morgan fingerprint density at radius 3 is 2.40 bits per heavy atom. The molecule has 9 rings (SSSR count). The van der Waals surface area contributed by atoms with E-state index < -0.39 is 0 Å². The van der Waals surface area contributed by atoms with Gasteiger partial charge in [0.2, 0.25) is 0 Å². The Hall–Kier alpha value is -4.41. The highest BCUT2D eigenvalue weighted by Crippen LogP contribution is 2.43. The SMILES string of the molecule is c1ccc2c(c1)nc1c3cc4c(cc3c3ccc5oc6ccccc6c5c3n21)sc1ccccc14. The van der Waals surface area contributed by atoms with E-state index in [1.165, 1.54) is 36.3 Å². The Bertz CT molecular complexity index is 2330. The lowest BCUT2D eigenvalue weighted by atomic mass is 10.0. The zero-order valence-corrected chi connectivity index (χ0v) is 19.3. The third-order valence-corrected chi connectivity index (χ3v) is 8.48. The number of rotatable bonds is 0. The lowest BCUT2D eigenvalue weighted by molar-refractivity contribution is 0.669. The van der Waals surface area contributed by atoms with E-state index in [0.717, 1.165) is 44.1 Å². The minimum atomic E-state index is 0.903. The van der Waals surface area contributed by atoms with Crippen molar-refractivity contribution in [2.45, 2.75) is 0 Å². The molecule has 0 unspecified atom stereocenters. The van der Waals surface area contributed by atoms with Crippen LogP contribution in [-0.4, -0.2) is 9.38 Å². The van der Waals surface area contributed by atoms with Crippen molar-refractivity contribution in [2.24, 2.45) is 0 Å². The highest BCUT2D eigenvalue weighted by atomic mass is 32.1. The van der Waals surface area contributed by atoms with Crippen LogP contribution in [0.5, 0.6) is 0 Å². The van der Waals surface area contributed by atoms with Gasteiger partial charge >= 0.3 is 0 Å². The number of fused-ring (bicyclic) bond motifs is 15. The van der Waals surface area contributed by atoms with Crippen molar-refractivity contribution in [1.82, 2.24) is 9.38 Å². The molecule has 0 atom stereocenters. The van der Waals surface area contributed by atoms with Crippen molar-refractivity contribution in [3.8, 4) is 0 Å². The molecule has 0 aliphatic carbocycles. The summed E-state index contributed by atoms with van der Waals surface area (Å²) in [4.78, 5) is 5.17. The summed E-state index contributed by atoms with van der Waals surface area (Å²) >= 11 is 1.86. The van der Waals surface area contributed by atoms with Crippen LogP contribution in [0.3, 0.4) is 0 Å². The molecular weight excluding hydrogens is 448 g/mol. The van der Waals surface area contributed by atoms with Crippen LogP contribution in [0.2, 0.25) is 0 Å². The van der Waals surface area contributed by atoms with Crippen LogP contribution in [0.25, 0.3) is 80.5 Å². The first kappa shape index (κ1) is 18.0. The molecule has 4 heterocycles. The standard InChI is InChI=1S/C31H16N2OS/c1-5-11-25-19(8-1)29-26(34-25)14-13-18-20-16-28-21(17-7-2-6-12-27(17)35-28)15-22(20)31-32-23-9-3-4-10-24(23)33(31)30(18)29/h1-16H. The van der Waals surface area contributed by atoms with Crippen molar-refractivity contribution in [2.75, 3.05) is 0 Å². The van der Waals surface area contributed by atoms with Crippen LogP contribution in [0.4, 0.5) is 0 Å². The third kappa shape index (κ3) is 2.18. The number of aromatic nitrogens is 2. The van der Waals surface area contributed by atoms with Crippen molar-refractivity contribution in [3.05, 3.63) is 97.1 Å². The van der Waals surface area contributed by atoms with E-state index >= 15 is 0 Å². The molecule has 162 valence electrons. The summed E-state index contributed by atoms with van der Waals surface area (Å²) in [6.45, 7) is 0. The van der Waals surface area contributed by atoms with Crippen LogP contribution in [-0.2, 0) is 0 Å². The summed E-state index contributed by atoms with van der Waals surface area (Å²) in [7, 11) is 0. The number of hydrogen-bond acceptors (Lipinski definition) is 3. The van der Waals surface area contributed by atoms with Crippen molar-refractivity contribution >= 4 is 91.8 Å². The number of para-hydroxylation sites is 3. The fraction of sp³-hybridized carbons (Fsp3) is 0. The van der Waals surface area contributed by atoms with Gasteiger partial charge in [0, 0.05) is 36.3 Å². The molecule has 0 spiro atoms. The van der Waals surface area contributed by atoms with Gasteiger partial charge in [0.05, 0.1) is 21.9 Å². The zero-order valence-electron chi connectivity index (χ0n) is 18.4. The molecule has 0 saturated carbocycles. The maximum Gasteiger partial charge on any atom is 0.146 e. The Labute approximate surface area is 202 Å². The highest BCUT2D eigenvalue weighted by Gasteiger charge is 2.20. The summed E-state index contributed by atoms with van der Waals surface area (Å²) < 4.78 is 11.3. The minimum Gasteiger partial charge on any atom is -0.456 e. The fourth-order valence-corrected chi connectivity index (χ4v) is 6.99. The van der Waals surface area contributed by atoms with Gasteiger partial charge in [-0.2, -0.15) is 0 Å². The second-order valence-electron chi connectivity index (χ2n) is 9.18. The molecule has 0 aliphatic heterocycles. The normalized spacial score (nSPS) is 12.6. The van der Waals surface area contributed by atoms with Gasteiger partial charge in [0.1, 0.15) is 16.8 Å². The van der Waals surface area contributed by atoms with E-state index in [4.69, 9.17) is 9.40 Å². The Morgan fingerprint density at radius 2 is 1.43 bits per heavy atom. The topological polar surface area (TPSA) is 30.4 Å². The summed E-state index contributed by atoms with van der Waals surface area (Å²) in [5.41, 5.74) is 6.07. The summed E-state index contributed by atoms with van der Waals surface area (Å²) in [6, 6.07) is 34.5. The number of nitrogens with zero attached hydrogens (tertiary/aromatic N) is 2. The molecule has 4 aromatic heterocycles. The first-order valence-corrected chi connectivity index (χ1v) is 12.5. The van der Waals surface area contributed by atoms with Crippen LogP contribution in [0, 0.1) is 0 Å². The minimum absolute atomic E-state index is 0.903. The van der Waals surface area contributed by atoms with Crippen LogP contribution >= 0.6 is 11.3 Å². The average molecular weight is 465 g/mol. The maximum absolute atomic E-state index is 6.29. The molecule has 0 fully saturated rings. The van der Waals surface area contributed by atoms with Gasteiger partial charge in [-0.25, -0.2) is 4.98 Å². The molecule has 5 aromatic carbocycles. The monoisotopic (exact) mass is 464 g/mol. The van der Waals surface area contributed by atoms with Crippen molar-refractivity contribution < 1.29 is 4.42 Å². The first-order valence-electron chi connectivity index (χ1n) is 11.7. The van der Waals surface area contributed by atoms with Gasteiger partial charge in [0.25, 0.3) is 0 Å². The van der Waals surface area contributed by atoms with Crippen molar-refractivity contribution in [1.29, 1.82) is 0 Å². The molecule has 3 nitrogen and oxygen atoms in total. The van der Waals surface area contributed by atoms with E-state index in [2.05, 4.69) is 89.3 Å². The van der Waals surface area contributed by atoms with Gasteiger partial charge in [0.15, 0.2) is 0 Å². The molecule has 9 aromatic rings. The largest absolute Gasteiger partial charge is 0.456 e. The molecule has 35 heavy (non-hydrogen) atoms. The average Bonchev–Trinajstić information content (AvgIpc) is 3.58. The maximum atomic E-state index is 6.29. The van der Waals surface area contributed by atoms with Gasteiger partial charge in [-0.1, -0.05) is 48.5 Å². The fourth-order valence-electron chi connectivity index (χ4n) is 5.86. The number of hydrogen-bond donors (Lipinski definition) is 0. The van der Waals surface area contributed by atoms with Gasteiger partial charge < -0.3 is 4.42 Å². The summed E-state index contributed by atoms with van der Waals surface area (Å²) in [5.74, 6) is 0. The van der Waals surface area contributed by atoms with Crippen molar-refractivity contribution in [3.63, 3.8) is 0 Å². The molecule has 0 radical (unpaired) electrons. The molecule has 0 aliphatic rings. The lowest BCUT2D eigenvalue weighted by Crippen LogP contribution is -1.92. The number of imidazole rings is 1. The van der Waals surface area contributed by atoms with E-state index in [9.17, 15) is 0 Å². The van der Waals surface area contributed by atoms with Gasteiger partial charge in [-0.05, 0) is 53.9 Å². The van der Waals surface area contributed by atoms with Crippen LogP contribution in [0.15, 0.2) is 101 Å². The molecule has 0 saturated heterocycles. The number of furan rings is 1. The number of pyridine rings is 1. The van der Waals surface area contributed by atoms with Gasteiger partial charge in [-0.15, -0.1) is 11.3 Å². The van der Waals surface area contributed by atoms with E-state index in [-0.39, 0.29) is 0 Å². The Morgan fingerprint density at radius 1 is 0.600 bits per heavy atom. The zero-order chi connectivity index (χ0) is 22.7. The van der Waals surface area contributed by atoms with E-state index in [1.807, 2.05) is 23.5 Å². The second-order valence-corrected chi connectivity index (χ2v) is 10.3. The number of benzene rings is 5. The predicted octanol–water partition coefficient (Wildman–Crippen LogP) is 9.06. The molecule has 0 N–H and O–H groups in total.